The third-order valence-corrected chi connectivity index (χ3v) is 3.28. The second-order valence-corrected chi connectivity index (χ2v) is 4.83. The standard InChI is InChI=1S/C18H20N2O4.Co/c1-23-15-7-3-5-13(17(15)21)11-19-9-10-20-12-14-6-4-8-16(24-2)18(14)22;/h3-8,11-12,21-22H,9-10H2,1-2H3;/q;+2/p-2. The Kier molecular flexibility index (Phi) is 8.52. The van der Waals surface area contributed by atoms with Crippen LogP contribution in [0.5, 0.6) is 23.0 Å². The van der Waals surface area contributed by atoms with E-state index in [0.717, 1.165) is 0 Å². The molecule has 0 unspecified atom stereocenters. The Morgan fingerprint density at radius 3 is 1.56 bits per heavy atom. The molecule has 0 aliphatic heterocycles. The minimum atomic E-state index is -0.195. The van der Waals surface area contributed by atoms with Crippen LogP contribution < -0.4 is 19.7 Å². The van der Waals surface area contributed by atoms with Gasteiger partial charge in [0.15, 0.2) is 0 Å². The average Bonchev–Trinajstić information content (AvgIpc) is 2.60. The van der Waals surface area contributed by atoms with Gasteiger partial charge in [0.25, 0.3) is 0 Å². The zero-order valence-corrected chi connectivity index (χ0v) is 14.9. The van der Waals surface area contributed by atoms with Gasteiger partial charge in [0.2, 0.25) is 0 Å². The fourth-order valence-corrected chi connectivity index (χ4v) is 2.03. The third-order valence-electron chi connectivity index (χ3n) is 3.28. The van der Waals surface area contributed by atoms with E-state index in [4.69, 9.17) is 9.47 Å². The van der Waals surface area contributed by atoms with Crippen LogP contribution in [0.2, 0.25) is 0 Å². The van der Waals surface area contributed by atoms with Crippen molar-refractivity contribution in [3.05, 3.63) is 47.5 Å². The molecular weight excluding hydrogens is 367 g/mol. The first-order valence-electron chi connectivity index (χ1n) is 7.35. The topological polar surface area (TPSA) is 89.3 Å². The first kappa shape index (κ1) is 20.5. The zero-order chi connectivity index (χ0) is 17.4. The summed E-state index contributed by atoms with van der Waals surface area (Å²) in [4.78, 5) is 8.34. The van der Waals surface area contributed by atoms with Gasteiger partial charge in [-0.25, -0.2) is 0 Å². The van der Waals surface area contributed by atoms with Gasteiger partial charge in [-0.3, -0.25) is 9.98 Å². The molecule has 25 heavy (non-hydrogen) atoms. The van der Waals surface area contributed by atoms with E-state index in [9.17, 15) is 10.2 Å². The largest absolute Gasteiger partial charge is 2.00 e. The molecule has 7 heteroatoms. The molecule has 0 atom stereocenters. The molecular formula is C18H18CoN2O4. The van der Waals surface area contributed by atoms with Crippen LogP contribution in [0.4, 0.5) is 0 Å². The quantitative estimate of drug-likeness (QED) is 0.532. The van der Waals surface area contributed by atoms with Gasteiger partial charge in [-0.15, -0.1) is 0 Å². The minimum absolute atomic E-state index is 0. The second kappa shape index (κ2) is 10.4. The summed E-state index contributed by atoms with van der Waals surface area (Å²) in [5.41, 5.74) is 0.931. The maximum atomic E-state index is 11.9. The molecule has 6 nitrogen and oxygen atoms in total. The zero-order valence-electron chi connectivity index (χ0n) is 13.9. The van der Waals surface area contributed by atoms with Gasteiger partial charge in [0.05, 0.1) is 27.3 Å². The maximum absolute atomic E-state index is 11.9. The molecule has 0 aliphatic carbocycles. The third kappa shape index (κ3) is 5.51. The van der Waals surface area contributed by atoms with Crippen LogP contribution in [0.1, 0.15) is 11.1 Å². The SMILES string of the molecule is COc1cccc(C=NCCN=Cc2cccc(OC)c2[O-])c1[O-].[Co+2]. The van der Waals surface area contributed by atoms with Gasteiger partial charge in [0, 0.05) is 12.4 Å². The van der Waals surface area contributed by atoms with E-state index in [0.29, 0.717) is 24.2 Å². The Labute approximate surface area is 157 Å². The van der Waals surface area contributed by atoms with Crippen LogP contribution in [0.3, 0.4) is 0 Å². The van der Waals surface area contributed by atoms with Crippen molar-refractivity contribution in [1.82, 2.24) is 0 Å². The molecule has 0 amide bonds. The van der Waals surface area contributed by atoms with Crippen molar-refractivity contribution in [2.24, 2.45) is 9.98 Å². The number of para-hydroxylation sites is 2. The van der Waals surface area contributed by atoms with Crippen molar-refractivity contribution < 1.29 is 36.5 Å². The molecule has 0 N–H and O–H groups in total. The molecule has 0 aromatic heterocycles. The van der Waals surface area contributed by atoms with E-state index in [1.807, 2.05) is 0 Å². The van der Waals surface area contributed by atoms with E-state index in [1.54, 1.807) is 36.4 Å². The van der Waals surface area contributed by atoms with Crippen LogP contribution >= 0.6 is 0 Å². The van der Waals surface area contributed by atoms with Crippen LogP contribution in [-0.4, -0.2) is 39.7 Å². The number of nitrogens with zero attached hydrogens (tertiary/aromatic N) is 2. The Balaban J connectivity index is 0.00000312. The molecule has 0 bridgehead atoms. The second-order valence-electron chi connectivity index (χ2n) is 4.83. The summed E-state index contributed by atoms with van der Waals surface area (Å²) in [7, 11) is 2.91. The van der Waals surface area contributed by atoms with E-state index in [1.165, 1.54) is 26.6 Å². The van der Waals surface area contributed by atoms with E-state index < -0.39 is 0 Å². The molecule has 133 valence electrons. The number of methoxy groups -OCH3 is 2. The molecule has 0 fully saturated rings. The molecule has 0 saturated heterocycles. The number of benzene rings is 2. The number of hydrogen-bond donors (Lipinski definition) is 0. The van der Waals surface area contributed by atoms with Crippen LogP contribution in [0.15, 0.2) is 46.4 Å². The fraction of sp³-hybridized carbons (Fsp3) is 0.222. The summed E-state index contributed by atoms with van der Waals surface area (Å²) in [5, 5.41) is 23.8. The van der Waals surface area contributed by atoms with Gasteiger partial charge in [-0.1, -0.05) is 35.8 Å². The number of aliphatic imine (C=N–C) groups is 2. The Morgan fingerprint density at radius 2 is 1.20 bits per heavy atom. The summed E-state index contributed by atoms with van der Waals surface area (Å²) >= 11 is 0. The molecule has 2 aromatic carbocycles. The maximum Gasteiger partial charge on any atom is 2.00 e. The van der Waals surface area contributed by atoms with Crippen molar-refractivity contribution in [2.45, 2.75) is 0 Å². The normalized spacial score (nSPS) is 10.8. The molecule has 0 saturated carbocycles. The van der Waals surface area contributed by atoms with E-state index in [-0.39, 0.29) is 39.8 Å². The van der Waals surface area contributed by atoms with E-state index in [2.05, 4.69) is 9.98 Å². The minimum Gasteiger partial charge on any atom is -0.870 e. The number of rotatable bonds is 7. The average molecular weight is 385 g/mol. The van der Waals surface area contributed by atoms with Crippen molar-refractivity contribution in [2.75, 3.05) is 27.3 Å². The Hall–Kier alpha value is -2.51. The van der Waals surface area contributed by atoms with Crippen molar-refractivity contribution in [1.29, 1.82) is 0 Å². The molecule has 2 rings (SSSR count). The molecule has 2 aromatic rings. The first-order chi connectivity index (χ1) is 11.7. The van der Waals surface area contributed by atoms with Crippen LogP contribution in [0.25, 0.3) is 0 Å². The smallest absolute Gasteiger partial charge is 0.870 e. The van der Waals surface area contributed by atoms with Gasteiger partial charge in [0.1, 0.15) is 11.5 Å². The predicted octanol–water partition coefficient (Wildman–Crippen LogP) is 1.39. The summed E-state index contributed by atoms with van der Waals surface area (Å²) in [5.74, 6) is 0.190. The summed E-state index contributed by atoms with van der Waals surface area (Å²) in [6, 6.07) is 10.0. The van der Waals surface area contributed by atoms with Crippen LogP contribution in [-0.2, 0) is 16.8 Å². The summed E-state index contributed by atoms with van der Waals surface area (Å²) in [6.07, 6.45) is 3.01. The Bertz CT molecular complexity index is 684. The molecule has 0 spiro atoms. The van der Waals surface area contributed by atoms with Gasteiger partial charge in [-0.05, 0) is 23.3 Å². The fourth-order valence-electron chi connectivity index (χ4n) is 2.03. The number of ether oxygens (including phenoxy) is 2. The van der Waals surface area contributed by atoms with E-state index >= 15 is 0 Å². The van der Waals surface area contributed by atoms with Crippen molar-refractivity contribution in [3.8, 4) is 23.0 Å². The molecule has 0 aliphatic rings. The van der Waals surface area contributed by atoms with Crippen molar-refractivity contribution in [3.63, 3.8) is 0 Å². The van der Waals surface area contributed by atoms with Gasteiger partial charge in [-0.2, -0.15) is 0 Å². The monoisotopic (exact) mass is 385 g/mol. The molecule has 0 heterocycles. The number of hydrogen-bond acceptors (Lipinski definition) is 6. The summed E-state index contributed by atoms with van der Waals surface area (Å²) < 4.78 is 9.94. The predicted molar refractivity (Wildman–Crippen MR) is 89.8 cm³/mol. The first-order valence-corrected chi connectivity index (χ1v) is 7.35. The Morgan fingerprint density at radius 1 is 0.800 bits per heavy atom. The summed E-state index contributed by atoms with van der Waals surface area (Å²) in [6.45, 7) is 0.816. The van der Waals surface area contributed by atoms with Crippen molar-refractivity contribution >= 4 is 12.4 Å². The van der Waals surface area contributed by atoms with Gasteiger partial charge >= 0.3 is 16.8 Å². The van der Waals surface area contributed by atoms with Crippen LogP contribution in [0, 0.1) is 0 Å². The van der Waals surface area contributed by atoms with Gasteiger partial charge < -0.3 is 19.7 Å². The molecule has 1 radical (unpaired) electrons.